The first-order chi connectivity index (χ1) is 21.7. The molecule has 0 bridgehead atoms. The molecule has 230 valence electrons. The van der Waals surface area contributed by atoms with Gasteiger partial charge in [-0.1, -0.05) is 37.1 Å². The number of allylic oxidation sites excluding steroid dienone is 1. The maximum Gasteiger partial charge on any atom is 0.324 e. The van der Waals surface area contributed by atoms with Gasteiger partial charge in [0.25, 0.3) is 0 Å². The van der Waals surface area contributed by atoms with Crippen molar-refractivity contribution < 1.29 is 23.3 Å². The minimum Gasteiger partial charge on any atom is -0.468 e. The summed E-state index contributed by atoms with van der Waals surface area (Å²) in [5.41, 5.74) is 2.22. The number of fused-ring (bicyclic) bond motifs is 3. The van der Waals surface area contributed by atoms with E-state index < -0.39 is 5.82 Å². The number of pyridine rings is 1. The highest BCUT2D eigenvalue weighted by Crippen LogP contribution is 2.38. The fourth-order valence-corrected chi connectivity index (χ4v) is 6.54. The number of nitrogens with zero attached hydrogens (tertiary/aromatic N) is 5. The third kappa shape index (κ3) is 5.76. The van der Waals surface area contributed by atoms with Crippen molar-refractivity contribution in [1.82, 2.24) is 19.9 Å². The summed E-state index contributed by atoms with van der Waals surface area (Å²) in [6.07, 6.45) is 8.91. The molecule has 7 rings (SSSR count). The van der Waals surface area contributed by atoms with Crippen LogP contribution in [0.25, 0.3) is 32.9 Å². The van der Waals surface area contributed by atoms with Crippen LogP contribution in [-0.4, -0.2) is 73.1 Å². The Hall–Kier alpha value is -4.02. The average molecular weight is 600 g/mol. The Bertz CT molecular complexity index is 1690. The van der Waals surface area contributed by atoms with E-state index in [1.807, 2.05) is 30.3 Å². The van der Waals surface area contributed by atoms with E-state index in [2.05, 4.69) is 9.80 Å². The number of hydrogen-bond donors (Lipinski definition) is 0. The fourth-order valence-electron chi connectivity index (χ4n) is 6.54. The topological polar surface area (TPSA) is 82.1 Å². The molecule has 0 N–H and O–H groups in total. The van der Waals surface area contributed by atoms with Crippen LogP contribution >= 0.6 is 0 Å². The number of ether oxygens (including phenoxy) is 4. The second-order valence-corrected chi connectivity index (χ2v) is 11.6. The highest BCUT2D eigenvalue weighted by atomic mass is 19.1. The molecule has 0 radical (unpaired) electrons. The Morgan fingerprint density at radius 3 is 2.70 bits per heavy atom. The number of benzene rings is 2. The zero-order valence-corrected chi connectivity index (χ0v) is 25.2. The molecule has 0 aliphatic carbocycles. The molecule has 0 amide bonds. The van der Waals surface area contributed by atoms with Gasteiger partial charge in [-0.2, -0.15) is 9.97 Å². The number of methoxy groups -OCH3 is 1. The van der Waals surface area contributed by atoms with Gasteiger partial charge in [0.15, 0.2) is 12.6 Å². The maximum atomic E-state index is 16.8. The molecule has 0 atom stereocenters. The first-order valence-electron chi connectivity index (χ1n) is 15.7. The van der Waals surface area contributed by atoms with E-state index in [9.17, 15) is 0 Å². The van der Waals surface area contributed by atoms with Gasteiger partial charge in [0.2, 0.25) is 0 Å². The summed E-state index contributed by atoms with van der Waals surface area (Å²) in [5.74, 6) is 1.56. The van der Waals surface area contributed by atoms with Crippen LogP contribution in [0.4, 0.5) is 10.2 Å². The number of halogens is 1. The zero-order valence-electron chi connectivity index (χ0n) is 25.2. The molecule has 2 aromatic heterocycles. The van der Waals surface area contributed by atoms with Crippen LogP contribution in [-0.2, 0) is 9.47 Å². The van der Waals surface area contributed by atoms with Crippen molar-refractivity contribution in [3.05, 3.63) is 59.9 Å². The van der Waals surface area contributed by atoms with Gasteiger partial charge in [-0.3, -0.25) is 4.98 Å². The van der Waals surface area contributed by atoms with Gasteiger partial charge in [-0.15, -0.1) is 0 Å². The van der Waals surface area contributed by atoms with Crippen LogP contribution in [0.15, 0.2) is 54.1 Å². The van der Waals surface area contributed by atoms with Crippen LogP contribution < -0.4 is 14.4 Å². The Morgan fingerprint density at radius 1 is 0.886 bits per heavy atom. The van der Waals surface area contributed by atoms with Gasteiger partial charge in [0.05, 0.1) is 17.7 Å². The number of rotatable bonds is 7. The van der Waals surface area contributed by atoms with Crippen molar-refractivity contribution in [2.45, 2.75) is 44.9 Å². The Morgan fingerprint density at radius 2 is 1.77 bits per heavy atom. The Kier molecular flexibility index (Phi) is 8.43. The lowest BCUT2D eigenvalue weighted by Crippen LogP contribution is -2.30. The molecule has 4 aromatic rings. The predicted molar refractivity (Wildman–Crippen MR) is 167 cm³/mol. The normalized spacial score (nSPS) is 17.9. The van der Waals surface area contributed by atoms with Crippen LogP contribution in [0.5, 0.6) is 11.8 Å². The third-order valence-corrected chi connectivity index (χ3v) is 8.72. The summed E-state index contributed by atoms with van der Waals surface area (Å²) >= 11 is 0. The molecule has 5 heterocycles. The number of hydrogen-bond acceptors (Lipinski definition) is 9. The van der Waals surface area contributed by atoms with E-state index in [0.29, 0.717) is 35.7 Å². The van der Waals surface area contributed by atoms with Crippen molar-refractivity contribution in [3.63, 3.8) is 0 Å². The minimum absolute atomic E-state index is 0.0809. The molecule has 9 nitrogen and oxygen atoms in total. The molecule has 0 spiro atoms. The predicted octanol–water partition coefficient (Wildman–Crippen LogP) is 6.45. The smallest absolute Gasteiger partial charge is 0.324 e. The molecular weight excluding hydrogens is 561 g/mol. The zero-order chi connectivity index (χ0) is 29.9. The highest BCUT2D eigenvalue weighted by molar-refractivity contribution is 6.00. The molecule has 3 aliphatic rings. The molecular formula is C34H38FN5O4. The van der Waals surface area contributed by atoms with Crippen molar-refractivity contribution in [2.75, 3.05) is 58.2 Å². The van der Waals surface area contributed by atoms with Gasteiger partial charge in [-0.25, -0.2) is 4.39 Å². The second-order valence-electron chi connectivity index (χ2n) is 11.6. The molecule has 44 heavy (non-hydrogen) atoms. The largest absolute Gasteiger partial charge is 0.468 e. The molecule has 3 aliphatic heterocycles. The summed E-state index contributed by atoms with van der Waals surface area (Å²) in [7, 11) is 1.57. The first kappa shape index (κ1) is 28.7. The van der Waals surface area contributed by atoms with Crippen molar-refractivity contribution in [2.24, 2.45) is 0 Å². The lowest BCUT2D eigenvalue weighted by molar-refractivity contribution is 0.0512. The minimum atomic E-state index is -0.520. The molecule has 0 saturated carbocycles. The van der Waals surface area contributed by atoms with Gasteiger partial charge in [0.1, 0.15) is 28.5 Å². The van der Waals surface area contributed by atoms with Crippen LogP contribution in [0.2, 0.25) is 0 Å². The van der Waals surface area contributed by atoms with Crippen LogP contribution in [0.3, 0.4) is 0 Å². The second kappa shape index (κ2) is 12.9. The van der Waals surface area contributed by atoms with Gasteiger partial charge in [0, 0.05) is 58.1 Å². The Labute approximate surface area is 256 Å². The van der Waals surface area contributed by atoms with E-state index in [-0.39, 0.29) is 24.0 Å². The molecule has 0 unspecified atom stereocenters. The van der Waals surface area contributed by atoms with Crippen LogP contribution in [0, 0.1) is 5.82 Å². The average Bonchev–Trinajstić information content (AvgIpc) is 3.68. The van der Waals surface area contributed by atoms with Crippen molar-refractivity contribution in [3.8, 4) is 23.0 Å². The summed E-state index contributed by atoms with van der Waals surface area (Å²) in [4.78, 5) is 18.9. The molecule has 2 fully saturated rings. The standard InChI is InChI=1S/C34H38FN5O4/c1-41-22-43-24-19-23-9-4-5-10-25(23)26(20-24)31-30(35)32-27(21-36-31)33(40-13-6-2-3-7-17-42-18-16-40)38-34(37-32)44-29-12-15-39-14-8-11-28(29)39/h4-5,9-10,19-21H,2-3,6-8,11-18,22H2,1H3. The summed E-state index contributed by atoms with van der Waals surface area (Å²) in [6.45, 7) is 4.80. The maximum absolute atomic E-state index is 16.8. The molecule has 10 heteroatoms. The third-order valence-electron chi connectivity index (χ3n) is 8.72. The molecule has 2 aromatic carbocycles. The van der Waals surface area contributed by atoms with E-state index in [1.165, 1.54) is 5.70 Å². The lowest BCUT2D eigenvalue weighted by Gasteiger charge is -2.26. The molecule has 2 saturated heterocycles. The van der Waals surface area contributed by atoms with Gasteiger partial charge < -0.3 is 28.7 Å². The van der Waals surface area contributed by atoms with E-state index >= 15 is 4.39 Å². The van der Waals surface area contributed by atoms with Crippen molar-refractivity contribution >= 4 is 27.5 Å². The quantitative estimate of drug-likeness (QED) is 0.223. The monoisotopic (exact) mass is 599 g/mol. The fraction of sp³-hybridized carbons (Fsp3) is 0.441. The van der Waals surface area contributed by atoms with Gasteiger partial charge >= 0.3 is 6.01 Å². The van der Waals surface area contributed by atoms with E-state index in [0.717, 1.165) is 87.7 Å². The number of anilines is 1. The van der Waals surface area contributed by atoms with Crippen molar-refractivity contribution in [1.29, 1.82) is 0 Å². The summed E-state index contributed by atoms with van der Waals surface area (Å²) < 4.78 is 40.0. The highest BCUT2D eigenvalue weighted by Gasteiger charge is 2.29. The number of aromatic nitrogens is 3. The summed E-state index contributed by atoms with van der Waals surface area (Å²) in [5, 5.41) is 2.33. The lowest BCUT2D eigenvalue weighted by atomic mass is 10.00. The van der Waals surface area contributed by atoms with Gasteiger partial charge in [-0.05, 0) is 48.6 Å². The SMILES string of the molecule is COCOc1cc(-c2ncc3c(N4CCCCCCOCC4)nc(OC4=C5CCCN5CC4)nc3c2F)c2ccccc2c1. The van der Waals surface area contributed by atoms with Crippen LogP contribution in [0.1, 0.15) is 44.9 Å². The Balaban J connectivity index is 1.37. The van der Waals surface area contributed by atoms with E-state index in [1.54, 1.807) is 19.4 Å². The van der Waals surface area contributed by atoms with E-state index in [4.69, 9.17) is 33.9 Å². The first-order valence-corrected chi connectivity index (χ1v) is 15.7. The summed E-state index contributed by atoms with van der Waals surface area (Å²) in [6, 6.07) is 11.7.